The molecule has 45 heavy (non-hydrogen) atoms. The number of aromatic nitrogens is 4. The van der Waals surface area contributed by atoms with Crippen molar-refractivity contribution < 1.29 is 17.5 Å². The molecule has 6 rings (SSSR count). The first-order chi connectivity index (χ1) is 21.7. The van der Waals surface area contributed by atoms with Crippen molar-refractivity contribution in [3.8, 4) is 28.2 Å². The van der Waals surface area contributed by atoms with E-state index in [1.807, 2.05) is 61.5 Å². The van der Waals surface area contributed by atoms with E-state index in [2.05, 4.69) is 15.5 Å². The highest BCUT2D eigenvalue weighted by atomic mass is 32.2. The van der Waals surface area contributed by atoms with Crippen LogP contribution in [0.1, 0.15) is 24.0 Å². The van der Waals surface area contributed by atoms with Crippen molar-refractivity contribution in [2.24, 2.45) is 5.41 Å². The number of H-pyrrole nitrogens is 1. The molecule has 2 N–H and O–H groups in total. The van der Waals surface area contributed by atoms with E-state index in [-0.39, 0.29) is 22.9 Å². The molecule has 0 spiro atoms. The van der Waals surface area contributed by atoms with Gasteiger partial charge in [-0.3, -0.25) is 9.89 Å². The van der Waals surface area contributed by atoms with Crippen molar-refractivity contribution in [2.75, 3.05) is 30.0 Å². The molecule has 0 bridgehead atoms. The number of halogens is 1. The van der Waals surface area contributed by atoms with Gasteiger partial charge < -0.3 is 10.1 Å². The average molecular weight is 628 g/mol. The number of rotatable bonds is 10. The van der Waals surface area contributed by atoms with E-state index < -0.39 is 15.3 Å². The SMILES string of the molecule is Cc1ccccc1-n1nc(-c2c(NCC3(COCc4ccccc4)CCS(=O)(=O)CC3)n[nH]c2-c2ccc(F)cc2)ccc1=O. The molecule has 0 atom stereocenters. The van der Waals surface area contributed by atoms with Gasteiger partial charge in [-0.25, -0.2) is 12.8 Å². The molecule has 0 radical (unpaired) electrons. The van der Waals surface area contributed by atoms with Crippen LogP contribution in [0.4, 0.5) is 10.2 Å². The van der Waals surface area contributed by atoms with Crippen LogP contribution in [0.5, 0.6) is 0 Å². The lowest BCUT2D eigenvalue weighted by molar-refractivity contribution is 0.0339. The zero-order valence-corrected chi connectivity index (χ0v) is 25.7. The quantitative estimate of drug-likeness (QED) is 0.208. The minimum absolute atomic E-state index is 0.0839. The van der Waals surface area contributed by atoms with Crippen LogP contribution in [0.25, 0.3) is 28.2 Å². The first-order valence-electron chi connectivity index (χ1n) is 14.8. The number of ether oxygens (including phenoxy) is 1. The first kappa shape index (κ1) is 30.4. The van der Waals surface area contributed by atoms with Gasteiger partial charge in [-0.2, -0.15) is 14.9 Å². The van der Waals surface area contributed by atoms with Crippen molar-refractivity contribution >= 4 is 15.7 Å². The fraction of sp³-hybridized carbons (Fsp3) is 0.265. The summed E-state index contributed by atoms with van der Waals surface area (Å²) in [6.45, 7) is 3.09. The summed E-state index contributed by atoms with van der Waals surface area (Å²) in [5, 5.41) is 15.9. The Bertz CT molecular complexity index is 1940. The second kappa shape index (κ2) is 12.8. The molecule has 11 heteroatoms. The summed E-state index contributed by atoms with van der Waals surface area (Å²) in [4.78, 5) is 13.0. The minimum atomic E-state index is -3.12. The van der Waals surface area contributed by atoms with E-state index in [1.165, 1.54) is 22.9 Å². The summed E-state index contributed by atoms with van der Waals surface area (Å²) >= 11 is 0. The van der Waals surface area contributed by atoms with Gasteiger partial charge in [0.1, 0.15) is 15.7 Å². The molecular weight excluding hydrogens is 593 g/mol. The number of nitrogens with zero attached hydrogens (tertiary/aromatic N) is 3. The van der Waals surface area contributed by atoms with Crippen LogP contribution in [0, 0.1) is 18.2 Å². The molecule has 0 aliphatic carbocycles. The van der Waals surface area contributed by atoms with E-state index >= 15 is 0 Å². The van der Waals surface area contributed by atoms with Gasteiger partial charge in [-0.15, -0.1) is 0 Å². The second-order valence-electron chi connectivity index (χ2n) is 11.6. The molecule has 1 aliphatic rings. The third-order valence-corrected chi connectivity index (χ3v) is 9.99. The van der Waals surface area contributed by atoms with Gasteiger partial charge in [0.25, 0.3) is 5.56 Å². The molecule has 3 heterocycles. The number of para-hydroxylation sites is 1. The van der Waals surface area contributed by atoms with Crippen molar-refractivity contribution in [2.45, 2.75) is 26.4 Å². The van der Waals surface area contributed by atoms with Gasteiger partial charge >= 0.3 is 0 Å². The Morgan fingerprint density at radius 3 is 2.40 bits per heavy atom. The molecule has 1 saturated heterocycles. The highest BCUT2D eigenvalue weighted by molar-refractivity contribution is 7.91. The zero-order valence-electron chi connectivity index (χ0n) is 24.9. The number of hydrogen-bond acceptors (Lipinski definition) is 7. The third-order valence-electron chi connectivity index (χ3n) is 8.34. The Balaban J connectivity index is 1.35. The van der Waals surface area contributed by atoms with Gasteiger partial charge in [0.2, 0.25) is 0 Å². The lowest BCUT2D eigenvalue weighted by Crippen LogP contribution is -2.42. The average Bonchev–Trinajstić information content (AvgIpc) is 3.47. The molecule has 3 aromatic carbocycles. The molecule has 0 unspecified atom stereocenters. The second-order valence-corrected chi connectivity index (χ2v) is 13.9. The number of benzene rings is 3. The number of aryl methyl sites for hydroxylation is 1. The van der Waals surface area contributed by atoms with Crippen molar-refractivity contribution in [3.63, 3.8) is 0 Å². The van der Waals surface area contributed by atoms with Crippen molar-refractivity contribution in [3.05, 3.63) is 118 Å². The lowest BCUT2D eigenvalue weighted by atomic mass is 9.82. The fourth-order valence-electron chi connectivity index (χ4n) is 5.64. The minimum Gasteiger partial charge on any atom is -0.376 e. The van der Waals surface area contributed by atoms with Gasteiger partial charge in [0.15, 0.2) is 5.82 Å². The summed E-state index contributed by atoms with van der Waals surface area (Å²) in [7, 11) is -3.12. The first-order valence-corrected chi connectivity index (χ1v) is 16.6. The topological polar surface area (TPSA) is 119 Å². The molecule has 0 saturated carbocycles. The van der Waals surface area contributed by atoms with Crippen LogP contribution in [0.15, 0.2) is 95.8 Å². The van der Waals surface area contributed by atoms with Crippen LogP contribution in [0.2, 0.25) is 0 Å². The van der Waals surface area contributed by atoms with Crippen LogP contribution in [-0.2, 0) is 21.2 Å². The summed E-state index contributed by atoms with van der Waals surface area (Å²) in [6, 6.07) is 26.5. The maximum atomic E-state index is 13.8. The monoisotopic (exact) mass is 627 g/mol. The number of sulfone groups is 1. The third kappa shape index (κ3) is 6.89. The fourth-order valence-corrected chi connectivity index (χ4v) is 7.33. The summed E-state index contributed by atoms with van der Waals surface area (Å²) in [6.07, 6.45) is 0.885. The Hall–Kier alpha value is -4.61. The highest BCUT2D eigenvalue weighted by Crippen LogP contribution is 2.38. The number of aromatic amines is 1. The van der Waals surface area contributed by atoms with Crippen LogP contribution in [0.3, 0.4) is 0 Å². The van der Waals surface area contributed by atoms with Crippen LogP contribution >= 0.6 is 0 Å². The molecule has 0 amide bonds. The smallest absolute Gasteiger partial charge is 0.271 e. The van der Waals surface area contributed by atoms with Crippen molar-refractivity contribution in [1.82, 2.24) is 20.0 Å². The normalized spacial score (nSPS) is 15.5. The van der Waals surface area contributed by atoms with E-state index in [0.717, 1.165) is 11.1 Å². The molecule has 1 fully saturated rings. The zero-order chi connectivity index (χ0) is 31.4. The largest absolute Gasteiger partial charge is 0.376 e. The van der Waals surface area contributed by atoms with E-state index in [9.17, 15) is 17.6 Å². The van der Waals surface area contributed by atoms with E-state index in [4.69, 9.17) is 9.84 Å². The molecule has 5 aromatic rings. The van der Waals surface area contributed by atoms with Crippen molar-refractivity contribution in [1.29, 1.82) is 0 Å². The number of nitrogens with one attached hydrogen (secondary N) is 2. The van der Waals surface area contributed by atoms with Crippen LogP contribution < -0.4 is 10.9 Å². The summed E-state index contributed by atoms with van der Waals surface area (Å²) in [5.41, 5.74) is 4.21. The number of anilines is 1. The Kier molecular flexibility index (Phi) is 8.64. The Morgan fingerprint density at radius 2 is 1.67 bits per heavy atom. The van der Waals surface area contributed by atoms with Gasteiger partial charge in [0.05, 0.1) is 47.4 Å². The summed E-state index contributed by atoms with van der Waals surface area (Å²) < 4.78 is 46.1. The van der Waals surface area contributed by atoms with Crippen LogP contribution in [-0.4, -0.2) is 53.1 Å². The molecule has 1 aliphatic heterocycles. The predicted molar refractivity (Wildman–Crippen MR) is 172 cm³/mol. The van der Waals surface area contributed by atoms with Gasteiger partial charge in [-0.1, -0.05) is 48.5 Å². The number of hydrogen-bond donors (Lipinski definition) is 2. The van der Waals surface area contributed by atoms with E-state index in [0.29, 0.717) is 66.6 Å². The molecule has 2 aromatic heterocycles. The Labute approximate surface area is 261 Å². The lowest BCUT2D eigenvalue weighted by Gasteiger charge is -2.37. The van der Waals surface area contributed by atoms with Gasteiger partial charge in [-0.05, 0) is 67.3 Å². The standard InChI is InChI=1S/C34H34FN5O4S/c1-24-7-5-6-10-29(24)40-30(41)16-15-28(39-40)31-32(26-11-13-27(35)14-12-26)37-38-33(31)36-22-34(17-19-45(42,43)20-18-34)23-44-21-25-8-3-2-4-9-25/h2-16H,17-23H2,1H3,(H2,36,37,38). The maximum Gasteiger partial charge on any atom is 0.271 e. The molecule has 9 nitrogen and oxygen atoms in total. The maximum absolute atomic E-state index is 13.8. The molecule has 232 valence electrons. The Morgan fingerprint density at radius 1 is 0.956 bits per heavy atom. The highest BCUT2D eigenvalue weighted by Gasteiger charge is 2.38. The van der Waals surface area contributed by atoms with Gasteiger partial charge in [0, 0.05) is 23.6 Å². The summed E-state index contributed by atoms with van der Waals surface area (Å²) in [5.74, 6) is 0.281. The predicted octanol–water partition coefficient (Wildman–Crippen LogP) is 5.56. The van der Waals surface area contributed by atoms with E-state index in [1.54, 1.807) is 18.2 Å². The molecular formula is C34H34FN5O4S.